The van der Waals surface area contributed by atoms with E-state index in [1.807, 2.05) is 11.4 Å². The molecule has 2 aromatic rings. The molecule has 0 bridgehead atoms. The Balaban J connectivity index is 1.63. The second-order valence-corrected chi connectivity index (χ2v) is 5.79. The third-order valence-corrected chi connectivity index (χ3v) is 4.83. The van der Waals surface area contributed by atoms with Crippen LogP contribution in [0.3, 0.4) is 0 Å². The number of thiophene rings is 1. The van der Waals surface area contributed by atoms with Crippen molar-refractivity contribution >= 4 is 27.4 Å². The molecule has 0 amide bonds. The Morgan fingerprint density at radius 3 is 3.33 bits per heavy atom. The molecule has 4 unspecified atom stereocenters. The van der Waals surface area contributed by atoms with Crippen LogP contribution < -0.4 is 11.1 Å². The number of hydrogen-bond acceptors (Lipinski definition) is 6. The quantitative estimate of drug-likeness (QED) is 0.851. The second-order valence-electron chi connectivity index (χ2n) is 4.90. The van der Waals surface area contributed by atoms with Gasteiger partial charge in [0, 0.05) is 18.6 Å². The van der Waals surface area contributed by atoms with E-state index in [2.05, 4.69) is 15.3 Å². The van der Waals surface area contributed by atoms with Gasteiger partial charge in [-0.1, -0.05) is 0 Å². The van der Waals surface area contributed by atoms with E-state index in [4.69, 9.17) is 10.5 Å². The van der Waals surface area contributed by atoms with Crippen molar-refractivity contribution in [3.8, 4) is 0 Å². The lowest BCUT2D eigenvalue weighted by Gasteiger charge is -2.45. The standard InChI is InChI=1S/C12H14N4OS/c13-8-6-1-3-17-10(6)9(8)16-11-7-2-4-18-12(7)15-5-14-11/h2,4-6,8-10H,1,3,13H2,(H,14,15,16). The molecule has 18 heavy (non-hydrogen) atoms. The highest BCUT2D eigenvalue weighted by Gasteiger charge is 2.52. The molecular weight excluding hydrogens is 248 g/mol. The van der Waals surface area contributed by atoms with Gasteiger partial charge in [0.2, 0.25) is 0 Å². The van der Waals surface area contributed by atoms with Gasteiger partial charge in [0.15, 0.2) is 0 Å². The number of nitrogens with one attached hydrogen (secondary N) is 1. The Morgan fingerprint density at radius 1 is 1.44 bits per heavy atom. The minimum atomic E-state index is 0.168. The number of rotatable bonds is 2. The largest absolute Gasteiger partial charge is 0.376 e. The maximum absolute atomic E-state index is 6.19. The first-order chi connectivity index (χ1) is 8.84. The number of hydrogen-bond donors (Lipinski definition) is 2. The molecule has 5 nitrogen and oxygen atoms in total. The van der Waals surface area contributed by atoms with Gasteiger partial charge >= 0.3 is 0 Å². The van der Waals surface area contributed by atoms with Crippen LogP contribution in [0, 0.1) is 5.92 Å². The zero-order valence-corrected chi connectivity index (χ0v) is 10.6. The SMILES string of the molecule is NC1C2CCOC2C1Nc1ncnc2sccc12. The summed E-state index contributed by atoms with van der Waals surface area (Å²) in [6.45, 7) is 0.832. The molecule has 3 N–H and O–H groups in total. The van der Waals surface area contributed by atoms with Crippen LogP contribution in [0.2, 0.25) is 0 Å². The van der Waals surface area contributed by atoms with Crippen LogP contribution in [0.15, 0.2) is 17.8 Å². The third-order valence-electron chi connectivity index (χ3n) is 4.01. The predicted octanol–water partition coefficient (Wildman–Crippen LogP) is 1.22. The minimum absolute atomic E-state index is 0.168. The second kappa shape index (κ2) is 3.88. The summed E-state index contributed by atoms with van der Waals surface area (Å²) in [6, 6.07) is 2.39. The number of nitrogens with zero attached hydrogens (tertiary/aromatic N) is 2. The van der Waals surface area contributed by atoms with Gasteiger partial charge in [-0.05, 0) is 17.9 Å². The Labute approximate surface area is 108 Å². The average Bonchev–Trinajstić information content (AvgIpc) is 3.02. The zero-order valence-electron chi connectivity index (χ0n) is 9.74. The fourth-order valence-electron chi connectivity index (χ4n) is 2.99. The van der Waals surface area contributed by atoms with E-state index in [0.717, 1.165) is 29.1 Å². The predicted molar refractivity (Wildman–Crippen MR) is 70.6 cm³/mol. The lowest BCUT2D eigenvalue weighted by Crippen LogP contribution is -2.65. The van der Waals surface area contributed by atoms with Gasteiger partial charge in [-0.2, -0.15) is 0 Å². The van der Waals surface area contributed by atoms with Crippen molar-refractivity contribution in [3.63, 3.8) is 0 Å². The normalized spacial score (nSPS) is 34.3. The van der Waals surface area contributed by atoms with Gasteiger partial charge in [-0.15, -0.1) is 11.3 Å². The highest BCUT2D eigenvalue weighted by molar-refractivity contribution is 7.16. The number of fused-ring (bicyclic) bond motifs is 2. The summed E-state index contributed by atoms with van der Waals surface area (Å²) < 4.78 is 5.72. The van der Waals surface area contributed by atoms with E-state index in [0.29, 0.717) is 5.92 Å². The molecule has 94 valence electrons. The molecule has 2 fully saturated rings. The summed E-state index contributed by atoms with van der Waals surface area (Å²) in [5.41, 5.74) is 6.19. The highest BCUT2D eigenvalue weighted by Crippen LogP contribution is 2.39. The maximum Gasteiger partial charge on any atom is 0.138 e. The topological polar surface area (TPSA) is 73.1 Å². The fourth-order valence-corrected chi connectivity index (χ4v) is 3.72. The summed E-state index contributed by atoms with van der Waals surface area (Å²) in [7, 11) is 0. The van der Waals surface area contributed by atoms with Crippen LogP contribution in [0.1, 0.15) is 6.42 Å². The van der Waals surface area contributed by atoms with E-state index >= 15 is 0 Å². The van der Waals surface area contributed by atoms with Crippen LogP contribution in [0.5, 0.6) is 0 Å². The number of anilines is 1. The van der Waals surface area contributed by atoms with Crippen molar-refractivity contribution in [1.29, 1.82) is 0 Å². The molecule has 1 saturated carbocycles. The molecule has 4 atom stereocenters. The van der Waals surface area contributed by atoms with Crippen molar-refractivity contribution in [2.45, 2.75) is 24.6 Å². The maximum atomic E-state index is 6.19. The summed E-state index contributed by atoms with van der Waals surface area (Å²) in [4.78, 5) is 9.57. The van der Waals surface area contributed by atoms with Crippen LogP contribution in [-0.4, -0.2) is 34.8 Å². The summed E-state index contributed by atoms with van der Waals surface area (Å²) in [6.07, 6.45) is 2.93. The Morgan fingerprint density at radius 2 is 2.39 bits per heavy atom. The lowest BCUT2D eigenvalue weighted by molar-refractivity contribution is 0.00529. The summed E-state index contributed by atoms with van der Waals surface area (Å²) in [5, 5.41) is 6.53. The molecule has 2 aliphatic rings. The van der Waals surface area contributed by atoms with Crippen molar-refractivity contribution in [2.24, 2.45) is 11.7 Å². The average molecular weight is 262 g/mol. The molecule has 0 spiro atoms. The van der Waals surface area contributed by atoms with E-state index < -0.39 is 0 Å². The molecule has 1 aliphatic carbocycles. The monoisotopic (exact) mass is 262 g/mol. The molecule has 3 heterocycles. The van der Waals surface area contributed by atoms with Gasteiger partial charge in [-0.25, -0.2) is 9.97 Å². The molecule has 0 radical (unpaired) electrons. The van der Waals surface area contributed by atoms with Crippen molar-refractivity contribution in [1.82, 2.24) is 9.97 Å². The van der Waals surface area contributed by atoms with E-state index in [-0.39, 0.29) is 18.2 Å². The Hall–Kier alpha value is -1.24. The summed E-state index contributed by atoms with van der Waals surface area (Å²) >= 11 is 1.62. The molecule has 6 heteroatoms. The van der Waals surface area contributed by atoms with Crippen LogP contribution in [0.25, 0.3) is 10.2 Å². The van der Waals surface area contributed by atoms with Crippen LogP contribution >= 0.6 is 11.3 Å². The molecule has 0 aromatic carbocycles. The fraction of sp³-hybridized carbons (Fsp3) is 0.500. The van der Waals surface area contributed by atoms with Gasteiger partial charge < -0.3 is 15.8 Å². The minimum Gasteiger partial charge on any atom is -0.376 e. The highest BCUT2D eigenvalue weighted by atomic mass is 32.1. The van der Waals surface area contributed by atoms with E-state index in [9.17, 15) is 0 Å². The van der Waals surface area contributed by atoms with E-state index in [1.165, 1.54) is 0 Å². The molecule has 1 aliphatic heterocycles. The molecular formula is C12H14N4OS. The van der Waals surface area contributed by atoms with E-state index in [1.54, 1.807) is 17.7 Å². The van der Waals surface area contributed by atoms with Gasteiger partial charge in [-0.3, -0.25) is 0 Å². The van der Waals surface area contributed by atoms with Crippen LogP contribution in [0.4, 0.5) is 5.82 Å². The van der Waals surface area contributed by atoms with Gasteiger partial charge in [0.25, 0.3) is 0 Å². The van der Waals surface area contributed by atoms with Gasteiger partial charge in [0.1, 0.15) is 17.0 Å². The molecule has 2 aromatic heterocycles. The number of aromatic nitrogens is 2. The first-order valence-corrected chi connectivity index (χ1v) is 7.04. The van der Waals surface area contributed by atoms with Crippen molar-refractivity contribution in [3.05, 3.63) is 17.8 Å². The van der Waals surface area contributed by atoms with Crippen LogP contribution in [-0.2, 0) is 4.74 Å². The lowest BCUT2D eigenvalue weighted by atomic mass is 9.72. The first kappa shape index (κ1) is 10.7. The van der Waals surface area contributed by atoms with Gasteiger partial charge in [0.05, 0.1) is 17.5 Å². The number of nitrogens with two attached hydrogens (primary N) is 1. The Bertz CT molecular complexity index is 586. The molecule has 4 rings (SSSR count). The van der Waals surface area contributed by atoms with Crippen molar-refractivity contribution in [2.75, 3.05) is 11.9 Å². The smallest absolute Gasteiger partial charge is 0.138 e. The summed E-state index contributed by atoms with van der Waals surface area (Å²) in [5.74, 6) is 1.39. The molecule has 1 saturated heterocycles. The Kier molecular flexibility index (Phi) is 2.30. The number of ether oxygens (including phenoxy) is 1. The first-order valence-electron chi connectivity index (χ1n) is 6.16. The third kappa shape index (κ3) is 1.39. The zero-order chi connectivity index (χ0) is 12.1. The van der Waals surface area contributed by atoms with Crippen molar-refractivity contribution < 1.29 is 4.74 Å².